The number of likely N-dealkylation sites (tertiary alicyclic amines) is 1. The van der Waals surface area contributed by atoms with Gasteiger partial charge in [-0.15, -0.1) is 0 Å². The van der Waals surface area contributed by atoms with Crippen molar-refractivity contribution >= 4 is 0 Å². The normalized spacial score (nSPS) is 21.8. The van der Waals surface area contributed by atoms with Crippen LogP contribution in [0.1, 0.15) is 26.7 Å². The molecule has 2 atom stereocenters. The predicted molar refractivity (Wildman–Crippen MR) is 57.9 cm³/mol. The van der Waals surface area contributed by atoms with E-state index in [1.54, 1.807) is 0 Å². The third-order valence-corrected chi connectivity index (χ3v) is 2.87. The van der Waals surface area contributed by atoms with Gasteiger partial charge in [0.15, 0.2) is 0 Å². The van der Waals surface area contributed by atoms with Gasteiger partial charge in [-0.3, -0.25) is 4.90 Å². The van der Waals surface area contributed by atoms with Crippen LogP contribution in [0.15, 0.2) is 0 Å². The number of nitrogens with one attached hydrogen (secondary N) is 1. The van der Waals surface area contributed by atoms with Crippen LogP contribution in [-0.4, -0.2) is 37.1 Å². The summed E-state index contributed by atoms with van der Waals surface area (Å²) >= 11 is 0. The second-order valence-electron chi connectivity index (χ2n) is 4.28. The first-order valence-corrected chi connectivity index (χ1v) is 5.58. The third-order valence-electron chi connectivity index (χ3n) is 2.87. The Morgan fingerprint density at radius 2 is 1.93 bits per heavy atom. The third kappa shape index (κ3) is 3.65. The molecule has 0 amide bonds. The van der Waals surface area contributed by atoms with Crippen LogP contribution >= 0.6 is 0 Å². The van der Waals surface area contributed by atoms with Gasteiger partial charge in [0.1, 0.15) is 0 Å². The topological polar surface area (TPSA) is 39.1 Å². The minimum absolute atomic E-state index is 0.126. The van der Waals surface area contributed by atoms with Gasteiger partial charge in [0.2, 0.25) is 0 Å². The Morgan fingerprint density at radius 3 is 2.50 bits per heavy atom. The van der Waals surface area contributed by atoms with E-state index < -0.39 is 0 Å². The quantitative estimate of drug-likeness (QED) is 0.717. The maximum Gasteiger partial charge on any atom is 0.0666 e. The number of nitriles is 1. The van der Waals surface area contributed by atoms with Crippen LogP contribution in [0.25, 0.3) is 0 Å². The molecule has 1 heterocycles. The Labute approximate surface area is 87.1 Å². The lowest BCUT2D eigenvalue weighted by Crippen LogP contribution is -2.39. The van der Waals surface area contributed by atoms with E-state index in [0.717, 1.165) is 13.1 Å². The maximum absolute atomic E-state index is 8.61. The molecule has 1 aliphatic heterocycles. The van der Waals surface area contributed by atoms with Gasteiger partial charge in [0.25, 0.3) is 0 Å². The molecule has 0 spiro atoms. The van der Waals surface area contributed by atoms with Gasteiger partial charge in [0.05, 0.1) is 12.0 Å². The fraction of sp³-hybridized carbons (Fsp3) is 0.909. The standard InChI is InChI=1S/C11H21N3/c1-10(7-12)8-13-9-11(2)14-5-3-4-6-14/h10-11,13H,3-6,8-9H2,1-2H3. The Morgan fingerprint density at radius 1 is 1.29 bits per heavy atom. The van der Waals surface area contributed by atoms with Gasteiger partial charge in [-0.1, -0.05) is 0 Å². The molecule has 1 rings (SSSR count). The minimum Gasteiger partial charge on any atom is -0.314 e. The van der Waals surface area contributed by atoms with E-state index in [9.17, 15) is 0 Å². The lowest BCUT2D eigenvalue weighted by atomic mass is 10.2. The van der Waals surface area contributed by atoms with E-state index in [0.29, 0.717) is 6.04 Å². The van der Waals surface area contributed by atoms with Crippen molar-refractivity contribution in [2.24, 2.45) is 5.92 Å². The molecule has 3 heteroatoms. The van der Waals surface area contributed by atoms with Crippen LogP contribution in [-0.2, 0) is 0 Å². The predicted octanol–water partition coefficient (Wildman–Crippen LogP) is 1.22. The zero-order valence-corrected chi connectivity index (χ0v) is 9.29. The summed E-state index contributed by atoms with van der Waals surface area (Å²) in [6.07, 6.45) is 2.69. The lowest BCUT2D eigenvalue weighted by molar-refractivity contribution is 0.251. The van der Waals surface area contributed by atoms with Crippen molar-refractivity contribution in [1.82, 2.24) is 10.2 Å². The van der Waals surface area contributed by atoms with Crippen molar-refractivity contribution < 1.29 is 0 Å². The van der Waals surface area contributed by atoms with Crippen molar-refractivity contribution in [1.29, 1.82) is 5.26 Å². The first-order chi connectivity index (χ1) is 6.74. The summed E-state index contributed by atoms with van der Waals surface area (Å²) in [6.45, 7) is 8.52. The van der Waals surface area contributed by atoms with Crippen molar-refractivity contribution in [3.63, 3.8) is 0 Å². The summed E-state index contributed by atoms with van der Waals surface area (Å²) in [7, 11) is 0. The van der Waals surface area contributed by atoms with Crippen LogP contribution in [0.2, 0.25) is 0 Å². The van der Waals surface area contributed by atoms with E-state index in [-0.39, 0.29) is 5.92 Å². The van der Waals surface area contributed by atoms with Gasteiger partial charge in [-0.25, -0.2) is 0 Å². The number of rotatable bonds is 5. The highest BCUT2D eigenvalue weighted by atomic mass is 15.2. The molecule has 1 aliphatic rings. The largest absolute Gasteiger partial charge is 0.314 e. The van der Waals surface area contributed by atoms with Gasteiger partial charge in [-0.05, 0) is 39.8 Å². The summed E-state index contributed by atoms with van der Waals surface area (Å²) in [6, 6.07) is 2.85. The minimum atomic E-state index is 0.126. The molecule has 1 fully saturated rings. The zero-order valence-electron chi connectivity index (χ0n) is 9.29. The monoisotopic (exact) mass is 195 g/mol. The SMILES string of the molecule is CC(C#N)CNCC(C)N1CCCC1. The molecule has 1 N–H and O–H groups in total. The number of hydrogen-bond donors (Lipinski definition) is 1. The molecule has 0 bridgehead atoms. The summed E-state index contributed by atoms with van der Waals surface area (Å²) in [5.74, 6) is 0.126. The van der Waals surface area contributed by atoms with E-state index in [2.05, 4.69) is 23.2 Å². The number of nitrogens with zero attached hydrogens (tertiary/aromatic N) is 2. The lowest BCUT2D eigenvalue weighted by Gasteiger charge is -2.24. The summed E-state index contributed by atoms with van der Waals surface area (Å²) in [4.78, 5) is 2.52. The van der Waals surface area contributed by atoms with Gasteiger partial charge in [0, 0.05) is 19.1 Å². The molecule has 1 saturated heterocycles. The maximum atomic E-state index is 8.61. The Balaban J connectivity index is 2.08. The van der Waals surface area contributed by atoms with Crippen LogP contribution in [0.3, 0.4) is 0 Å². The molecule has 0 aromatic carbocycles. The first-order valence-electron chi connectivity index (χ1n) is 5.58. The van der Waals surface area contributed by atoms with Crippen molar-refractivity contribution in [3.8, 4) is 6.07 Å². The van der Waals surface area contributed by atoms with E-state index in [1.165, 1.54) is 25.9 Å². The molecular weight excluding hydrogens is 174 g/mol. The van der Waals surface area contributed by atoms with Crippen LogP contribution in [0, 0.1) is 17.2 Å². The smallest absolute Gasteiger partial charge is 0.0666 e. The van der Waals surface area contributed by atoms with E-state index >= 15 is 0 Å². The fourth-order valence-electron chi connectivity index (χ4n) is 1.87. The Bertz CT molecular complexity index is 191. The molecule has 80 valence electrons. The Kier molecular flexibility index (Phi) is 4.92. The molecule has 0 aliphatic carbocycles. The average Bonchev–Trinajstić information content (AvgIpc) is 2.70. The van der Waals surface area contributed by atoms with Crippen LogP contribution in [0.4, 0.5) is 0 Å². The van der Waals surface area contributed by atoms with Crippen LogP contribution in [0.5, 0.6) is 0 Å². The zero-order chi connectivity index (χ0) is 10.4. The van der Waals surface area contributed by atoms with Crippen molar-refractivity contribution in [3.05, 3.63) is 0 Å². The van der Waals surface area contributed by atoms with Gasteiger partial charge in [-0.2, -0.15) is 5.26 Å². The number of hydrogen-bond acceptors (Lipinski definition) is 3. The average molecular weight is 195 g/mol. The summed E-state index contributed by atoms with van der Waals surface area (Å²) in [5.41, 5.74) is 0. The molecule has 0 saturated carbocycles. The van der Waals surface area contributed by atoms with Crippen molar-refractivity contribution in [2.75, 3.05) is 26.2 Å². The second-order valence-corrected chi connectivity index (χ2v) is 4.28. The van der Waals surface area contributed by atoms with Gasteiger partial charge < -0.3 is 5.32 Å². The highest BCUT2D eigenvalue weighted by Crippen LogP contribution is 2.10. The fourth-order valence-corrected chi connectivity index (χ4v) is 1.87. The van der Waals surface area contributed by atoms with Crippen molar-refractivity contribution in [2.45, 2.75) is 32.7 Å². The van der Waals surface area contributed by atoms with E-state index in [1.807, 2.05) is 6.92 Å². The highest BCUT2D eigenvalue weighted by molar-refractivity contribution is 4.81. The molecule has 0 aromatic rings. The molecule has 0 aromatic heterocycles. The second kappa shape index (κ2) is 6.00. The molecule has 14 heavy (non-hydrogen) atoms. The highest BCUT2D eigenvalue weighted by Gasteiger charge is 2.17. The summed E-state index contributed by atoms with van der Waals surface area (Å²) < 4.78 is 0. The van der Waals surface area contributed by atoms with Crippen LogP contribution < -0.4 is 5.32 Å². The Hall–Kier alpha value is -0.590. The summed E-state index contributed by atoms with van der Waals surface area (Å²) in [5, 5.41) is 12.0. The molecular formula is C11H21N3. The molecule has 3 nitrogen and oxygen atoms in total. The first kappa shape index (κ1) is 11.5. The molecule has 2 unspecified atom stereocenters. The van der Waals surface area contributed by atoms with E-state index in [4.69, 9.17) is 5.26 Å². The van der Waals surface area contributed by atoms with Gasteiger partial charge >= 0.3 is 0 Å². The molecule has 0 radical (unpaired) electrons.